The number of rotatable bonds is 5. The molecule has 1 aromatic carbocycles. The van der Waals surface area contributed by atoms with Gasteiger partial charge in [0.25, 0.3) is 5.91 Å². The van der Waals surface area contributed by atoms with Crippen molar-refractivity contribution in [1.82, 2.24) is 20.0 Å². The van der Waals surface area contributed by atoms with E-state index in [2.05, 4.69) is 5.32 Å². The maximum absolute atomic E-state index is 12.6. The lowest BCUT2D eigenvalue weighted by atomic mass is 10.1. The molecule has 0 unspecified atom stereocenters. The molecule has 28 heavy (non-hydrogen) atoms. The van der Waals surface area contributed by atoms with Gasteiger partial charge in [-0.05, 0) is 39.0 Å². The third-order valence-corrected chi connectivity index (χ3v) is 4.65. The largest absolute Gasteiger partial charge is 0.350 e. The minimum Gasteiger partial charge on any atom is -0.350 e. The van der Waals surface area contributed by atoms with E-state index >= 15 is 0 Å². The molecule has 1 aliphatic rings. The second-order valence-corrected chi connectivity index (χ2v) is 8.56. The topological polar surface area (TPSA) is 73.0 Å². The van der Waals surface area contributed by atoms with Gasteiger partial charge in [-0.15, -0.1) is 0 Å². The average molecular weight is 409 g/mol. The van der Waals surface area contributed by atoms with Crippen LogP contribution in [0.25, 0.3) is 0 Å². The van der Waals surface area contributed by atoms with Gasteiger partial charge in [-0.1, -0.05) is 17.7 Å². The van der Waals surface area contributed by atoms with E-state index in [9.17, 15) is 14.4 Å². The molecule has 0 aromatic heterocycles. The number of carbonyl (C=O) groups is 3. The average Bonchev–Trinajstić information content (AvgIpc) is 2.60. The number of piperazine rings is 1. The molecule has 0 bridgehead atoms. The van der Waals surface area contributed by atoms with Crippen molar-refractivity contribution in [2.24, 2.45) is 0 Å². The molecular formula is C20H29ClN4O3. The van der Waals surface area contributed by atoms with Crippen LogP contribution < -0.4 is 5.32 Å². The number of halogens is 1. The Morgan fingerprint density at radius 2 is 1.79 bits per heavy atom. The molecular weight excluding hydrogens is 380 g/mol. The predicted octanol–water partition coefficient (Wildman–Crippen LogP) is 1.47. The molecule has 0 radical (unpaired) electrons. The number of nitrogens with one attached hydrogen (secondary N) is 1. The minimum absolute atomic E-state index is 0.0311. The highest BCUT2D eigenvalue weighted by Crippen LogP contribution is 2.14. The maximum atomic E-state index is 12.6. The van der Waals surface area contributed by atoms with Crippen molar-refractivity contribution in [3.05, 3.63) is 34.9 Å². The van der Waals surface area contributed by atoms with Crippen LogP contribution in [0.15, 0.2) is 24.3 Å². The number of amides is 3. The molecule has 1 N–H and O–H groups in total. The number of hydrogen-bond acceptors (Lipinski definition) is 4. The molecule has 1 aromatic rings. The molecule has 2 rings (SSSR count). The summed E-state index contributed by atoms with van der Waals surface area (Å²) in [6.45, 7) is 8.28. The summed E-state index contributed by atoms with van der Waals surface area (Å²) in [5.74, 6) is -0.344. The molecule has 0 spiro atoms. The van der Waals surface area contributed by atoms with E-state index in [4.69, 9.17) is 11.6 Å². The first-order valence-electron chi connectivity index (χ1n) is 9.37. The Morgan fingerprint density at radius 1 is 1.14 bits per heavy atom. The first kappa shape index (κ1) is 22.2. The van der Waals surface area contributed by atoms with Gasteiger partial charge in [0.1, 0.15) is 0 Å². The van der Waals surface area contributed by atoms with Crippen molar-refractivity contribution in [3.63, 3.8) is 0 Å². The van der Waals surface area contributed by atoms with Crippen molar-refractivity contribution >= 4 is 29.3 Å². The standard InChI is InChI=1S/C20H29ClN4O3/c1-20(2,3)22-17(26)13-23(4)18(27)14-24-8-10-25(11-9-24)19(28)15-6-5-7-16(21)12-15/h5-7,12H,8-11,13-14H2,1-4H3,(H,22,26). The maximum Gasteiger partial charge on any atom is 0.253 e. The van der Waals surface area contributed by atoms with Gasteiger partial charge in [0, 0.05) is 49.4 Å². The van der Waals surface area contributed by atoms with E-state index < -0.39 is 0 Å². The summed E-state index contributed by atoms with van der Waals surface area (Å²) in [7, 11) is 1.63. The van der Waals surface area contributed by atoms with Crippen LogP contribution in [0.3, 0.4) is 0 Å². The van der Waals surface area contributed by atoms with Crippen LogP contribution in [0, 0.1) is 0 Å². The van der Waals surface area contributed by atoms with E-state index in [0.29, 0.717) is 36.8 Å². The number of hydrogen-bond donors (Lipinski definition) is 1. The normalized spacial score (nSPS) is 15.2. The van der Waals surface area contributed by atoms with E-state index in [-0.39, 0.29) is 36.3 Å². The second kappa shape index (κ2) is 9.39. The molecule has 3 amide bonds. The molecule has 1 saturated heterocycles. The molecule has 0 atom stereocenters. The second-order valence-electron chi connectivity index (χ2n) is 8.13. The first-order chi connectivity index (χ1) is 13.0. The van der Waals surface area contributed by atoms with Gasteiger partial charge in [0.15, 0.2) is 0 Å². The van der Waals surface area contributed by atoms with Crippen molar-refractivity contribution < 1.29 is 14.4 Å². The zero-order chi connectivity index (χ0) is 20.9. The third kappa shape index (κ3) is 6.80. The highest BCUT2D eigenvalue weighted by Gasteiger charge is 2.25. The quantitative estimate of drug-likeness (QED) is 0.800. The van der Waals surface area contributed by atoms with Gasteiger partial charge >= 0.3 is 0 Å². The fourth-order valence-electron chi connectivity index (χ4n) is 2.99. The SMILES string of the molecule is CN(CC(=O)NC(C)(C)C)C(=O)CN1CCN(C(=O)c2cccc(Cl)c2)CC1. The van der Waals surface area contributed by atoms with Crippen molar-refractivity contribution in [3.8, 4) is 0 Å². The van der Waals surface area contributed by atoms with Crippen LogP contribution in [0.2, 0.25) is 5.02 Å². The Balaban J connectivity index is 1.79. The monoisotopic (exact) mass is 408 g/mol. The molecule has 0 saturated carbocycles. The Bertz CT molecular complexity index is 724. The highest BCUT2D eigenvalue weighted by atomic mass is 35.5. The summed E-state index contributed by atoms with van der Waals surface area (Å²) in [5.41, 5.74) is 0.244. The Labute approximate surface area is 171 Å². The minimum atomic E-state index is -0.327. The summed E-state index contributed by atoms with van der Waals surface area (Å²) < 4.78 is 0. The van der Waals surface area contributed by atoms with Gasteiger partial charge < -0.3 is 15.1 Å². The molecule has 7 nitrogen and oxygen atoms in total. The molecule has 1 fully saturated rings. The van der Waals surface area contributed by atoms with Crippen molar-refractivity contribution in [1.29, 1.82) is 0 Å². The van der Waals surface area contributed by atoms with Crippen molar-refractivity contribution in [2.75, 3.05) is 46.3 Å². The van der Waals surface area contributed by atoms with Gasteiger partial charge in [0.2, 0.25) is 11.8 Å². The van der Waals surface area contributed by atoms with Gasteiger partial charge in [-0.25, -0.2) is 0 Å². The van der Waals surface area contributed by atoms with Gasteiger partial charge in [-0.2, -0.15) is 0 Å². The summed E-state index contributed by atoms with van der Waals surface area (Å²) in [6.07, 6.45) is 0. The fourth-order valence-corrected chi connectivity index (χ4v) is 3.18. The summed E-state index contributed by atoms with van der Waals surface area (Å²) in [6, 6.07) is 6.91. The molecule has 8 heteroatoms. The number of likely N-dealkylation sites (N-methyl/N-ethyl adjacent to an activating group) is 1. The van der Waals surface area contributed by atoms with Crippen LogP contribution >= 0.6 is 11.6 Å². The van der Waals surface area contributed by atoms with E-state index in [1.807, 2.05) is 25.7 Å². The highest BCUT2D eigenvalue weighted by molar-refractivity contribution is 6.30. The van der Waals surface area contributed by atoms with Crippen LogP contribution in [-0.4, -0.2) is 84.3 Å². The van der Waals surface area contributed by atoms with E-state index in [1.54, 1.807) is 36.2 Å². The zero-order valence-corrected chi connectivity index (χ0v) is 17.8. The van der Waals surface area contributed by atoms with Gasteiger partial charge in [0.05, 0.1) is 13.1 Å². The van der Waals surface area contributed by atoms with Crippen LogP contribution in [-0.2, 0) is 9.59 Å². The lowest BCUT2D eigenvalue weighted by molar-refractivity contribution is -0.136. The Morgan fingerprint density at radius 3 is 2.36 bits per heavy atom. The molecule has 154 valence electrons. The smallest absolute Gasteiger partial charge is 0.253 e. The Hall–Kier alpha value is -2.12. The van der Waals surface area contributed by atoms with Crippen LogP contribution in [0.1, 0.15) is 31.1 Å². The first-order valence-corrected chi connectivity index (χ1v) is 9.75. The molecule has 1 aliphatic heterocycles. The number of benzene rings is 1. The number of nitrogens with zero attached hydrogens (tertiary/aromatic N) is 3. The lowest BCUT2D eigenvalue weighted by Crippen LogP contribution is -2.52. The van der Waals surface area contributed by atoms with Crippen molar-refractivity contribution in [2.45, 2.75) is 26.3 Å². The van der Waals surface area contributed by atoms with Crippen LogP contribution in [0.4, 0.5) is 0 Å². The lowest BCUT2D eigenvalue weighted by Gasteiger charge is -2.35. The van der Waals surface area contributed by atoms with E-state index in [0.717, 1.165) is 0 Å². The fraction of sp³-hybridized carbons (Fsp3) is 0.550. The third-order valence-electron chi connectivity index (χ3n) is 4.41. The van der Waals surface area contributed by atoms with Crippen LogP contribution in [0.5, 0.6) is 0 Å². The van der Waals surface area contributed by atoms with Gasteiger partial charge in [-0.3, -0.25) is 19.3 Å². The molecule has 1 heterocycles. The number of carbonyl (C=O) groups excluding carboxylic acids is 3. The predicted molar refractivity (Wildman–Crippen MR) is 109 cm³/mol. The summed E-state index contributed by atoms with van der Waals surface area (Å²) in [4.78, 5) is 42.1. The summed E-state index contributed by atoms with van der Waals surface area (Å²) in [5, 5.41) is 3.38. The summed E-state index contributed by atoms with van der Waals surface area (Å²) >= 11 is 5.96. The molecule has 0 aliphatic carbocycles. The Kier molecular flexibility index (Phi) is 7.43. The zero-order valence-electron chi connectivity index (χ0n) is 17.0. The van der Waals surface area contributed by atoms with E-state index in [1.165, 1.54) is 4.90 Å².